The molecule has 0 aliphatic rings. The minimum absolute atomic E-state index is 0.202. The Morgan fingerprint density at radius 1 is 1.13 bits per heavy atom. The van der Waals surface area contributed by atoms with E-state index >= 15 is 0 Å². The fourth-order valence-electron chi connectivity index (χ4n) is 2.57. The highest BCUT2D eigenvalue weighted by molar-refractivity contribution is 6.33. The van der Waals surface area contributed by atoms with Gasteiger partial charge in [0.15, 0.2) is 5.65 Å². The van der Waals surface area contributed by atoms with Crippen LogP contribution in [0.25, 0.3) is 28.0 Å². The Balaban J connectivity index is 1.95. The number of nitrogens with zero attached hydrogens (tertiary/aromatic N) is 4. The third-order valence-electron chi connectivity index (χ3n) is 3.69. The van der Waals surface area contributed by atoms with Crippen LogP contribution in [0.5, 0.6) is 0 Å². The molecule has 0 bridgehead atoms. The molecule has 1 aromatic carbocycles. The van der Waals surface area contributed by atoms with E-state index in [4.69, 9.17) is 11.6 Å². The van der Waals surface area contributed by atoms with Gasteiger partial charge in [0, 0.05) is 41.8 Å². The molecule has 23 heavy (non-hydrogen) atoms. The molecule has 4 rings (SSSR count). The summed E-state index contributed by atoms with van der Waals surface area (Å²) in [6.07, 6.45) is 5.06. The molecule has 0 aliphatic carbocycles. The molecule has 3 heterocycles. The average molecular weight is 326 g/mol. The number of hydrogen-bond donors (Lipinski definition) is 1. The molecule has 4 aromatic rings. The molecule has 0 unspecified atom stereocenters. The van der Waals surface area contributed by atoms with Crippen LogP contribution in [-0.2, 0) is 7.05 Å². The van der Waals surface area contributed by atoms with E-state index in [0.717, 1.165) is 11.1 Å². The van der Waals surface area contributed by atoms with Crippen molar-refractivity contribution in [2.24, 2.45) is 7.05 Å². The molecule has 3 aromatic heterocycles. The largest absolute Gasteiger partial charge is 0.296 e. The second-order valence-electron chi connectivity index (χ2n) is 5.18. The van der Waals surface area contributed by atoms with Crippen molar-refractivity contribution in [1.82, 2.24) is 24.4 Å². The predicted molar refractivity (Wildman–Crippen MR) is 88.5 cm³/mol. The summed E-state index contributed by atoms with van der Waals surface area (Å²) in [4.78, 5) is 17.1. The molecular formula is C16H12ClN5O. The minimum atomic E-state index is -0.202. The van der Waals surface area contributed by atoms with Gasteiger partial charge in [-0.25, -0.2) is 9.50 Å². The van der Waals surface area contributed by atoms with Gasteiger partial charge in [-0.2, -0.15) is 5.10 Å². The molecule has 0 saturated carbocycles. The number of hydrogen-bond acceptors (Lipinski definition) is 3. The average Bonchev–Trinajstić information content (AvgIpc) is 3.15. The first kappa shape index (κ1) is 13.8. The molecule has 0 amide bonds. The second kappa shape index (κ2) is 5.10. The zero-order valence-electron chi connectivity index (χ0n) is 12.2. The minimum Gasteiger partial charge on any atom is -0.296 e. The summed E-state index contributed by atoms with van der Waals surface area (Å²) in [7, 11) is 1.80. The zero-order chi connectivity index (χ0) is 16.0. The number of benzene rings is 1. The Hall–Kier alpha value is -2.86. The number of halogens is 1. The van der Waals surface area contributed by atoms with Gasteiger partial charge >= 0.3 is 0 Å². The van der Waals surface area contributed by atoms with Gasteiger partial charge in [0.05, 0.1) is 11.3 Å². The fourth-order valence-corrected chi connectivity index (χ4v) is 2.81. The molecule has 1 N–H and O–H groups in total. The summed E-state index contributed by atoms with van der Waals surface area (Å²) in [5.74, 6) is 0. The van der Waals surface area contributed by atoms with Crippen LogP contribution in [0.3, 0.4) is 0 Å². The van der Waals surface area contributed by atoms with E-state index in [-0.39, 0.29) is 5.56 Å². The van der Waals surface area contributed by atoms with E-state index in [0.29, 0.717) is 21.9 Å². The highest BCUT2D eigenvalue weighted by atomic mass is 35.5. The quantitative estimate of drug-likeness (QED) is 0.616. The maximum atomic E-state index is 12.7. The van der Waals surface area contributed by atoms with Crippen molar-refractivity contribution >= 4 is 17.2 Å². The van der Waals surface area contributed by atoms with Crippen LogP contribution in [0.15, 0.2) is 53.7 Å². The SMILES string of the molecule is Cn1ccc(-c2cnc3c(-c4ccccc4Cl)c[nH]n3c2=O)n1. The first-order valence-corrected chi connectivity index (χ1v) is 7.37. The topological polar surface area (TPSA) is 68.0 Å². The van der Waals surface area contributed by atoms with Crippen molar-refractivity contribution in [3.63, 3.8) is 0 Å². The lowest BCUT2D eigenvalue weighted by molar-refractivity contribution is 0.769. The molecular weight excluding hydrogens is 314 g/mol. The van der Waals surface area contributed by atoms with Gasteiger partial charge in [0.25, 0.3) is 5.56 Å². The fraction of sp³-hybridized carbons (Fsp3) is 0.0625. The van der Waals surface area contributed by atoms with Crippen molar-refractivity contribution in [2.45, 2.75) is 0 Å². The molecule has 114 valence electrons. The molecule has 0 radical (unpaired) electrons. The Morgan fingerprint density at radius 3 is 2.70 bits per heavy atom. The van der Waals surface area contributed by atoms with Crippen molar-refractivity contribution in [1.29, 1.82) is 0 Å². The van der Waals surface area contributed by atoms with E-state index < -0.39 is 0 Å². The van der Waals surface area contributed by atoms with Gasteiger partial charge in [-0.1, -0.05) is 29.8 Å². The van der Waals surface area contributed by atoms with Crippen molar-refractivity contribution in [2.75, 3.05) is 0 Å². The maximum absolute atomic E-state index is 12.7. The number of aromatic amines is 1. The van der Waals surface area contributed by atoms with Gasteiger partial charge in [0.2, 0.25) is 0 Å². The normalized spacial score (nSPS) is 11.2. The number of rotatable bonds is 2. The van der Waals surface area contributed by atoms with Crippen molar-refractivity contribution < 1.29 is 0 Å². The van der Waals surface area contributed by atoms with E-state index in [1.54, 1.807) is 42.5 Å². The standard InChI is InChI=1S/C16H12ClN5O/c1-21-7-6-14(20-21)12-8-18-15-11(9-19-22(15)16(12)23)10-4-2-3-5-13(10)17/h2-9,19H,1H3. The summed E-state index contributed by atoms with van der Waals surface area (Å²) >= 11 is 6.24. The van der Waals surface area contributed by atoms with Gasteiger partial charge < -0.3 is 0 Å². The zero-order valence-corrected chi connectivity index (χ0v) is 12.9. The molecule has 7 heteroatoms. The molecule has 0 fully saturated rings. The summed E-state index contributed by atoms with van der Waals surface area (Å²) in [6.45, 7) is 0. The number of aryl methyl sites for hydroxylation is 1. The Bertz CT molecular complexity index is 1080. The third-order valence-corrected chi connectivity index (χ3v) is 4.02. The van der Waals surface area contributed by atoms with Crippen molar-refractivity contribution in [3.05, 3.63) is 64.3 Å². The van der Waals surface area contributed by atoms with Gasteiger partial charge in [-0.3, -0.25) is 14.6 Å². The lowest BCUT2D eigenvalue weighted by Crippen LogP contribution is -2.17. The first-order chi connectivity index (χ1) is 11.1. The maximum Gasteiger partial charge on any atom is 0.282 e. The van der Waals surface area contributed by atoms with Crippen LogP contribution >= 0.6 is 11.6 Å². The van der Waals surface area contributed by atoms with Crippen LogP contribution in [0.2, 0.25) is 5.02 Å². The van der Waals surface area contributed by atoms with E-state index in [9.17, 15) is 4.79 Å². The summed E-state index contributed by atoms with van der Waals surface area (Å²) in [6, 6.07) is 9.23. The van der Waals surface area contributed by atoms with E-state index in [1.807, 2.05) is 18.2 Å². The number of aromatic nitrogens is 5. The predicted octanol–water partition coefficient (Wildman–Crippen LogP) is 2.74. The summed E-state index contributed by atoms with van der Waals surface area (Å²) < 4.78 is 3.05. The lowest BCUT2D eigenvalue weighted by atomic mass is 10.1. The summed E-state index contributed by atoms with van der Waals surface area (Å²) in [5, 5.41) is 7.81. The number of fused-ring (bicyclic) bond motifs is 1. The molecule has 6 nitrogen and oxygen atoms in total. The third kappa shape index (κ3) is 2.15. The Morgan fingerprint density at radius 2 is 1.96 bits per heavy atom. The Labute approximate surface area is 136 Å². The number of nitrogens with one attached hydrogen (secondary N) is 1. The molecule has 0 atom stereocenters. The highest BCUT2D eigenvalue weighted by Crippen LogP contribution is 2.29. The van der Waals surface area contributed by atoms with E-state index in [2.05, 4.69) is 15.2 Å². The second-order valence-corrected chi connectivity index (χ2v) is 5.58. The molecule has 0 saturated heterocycles. The lowest BCUT2D eigenvalue weighted by Gasteiger charge is -2.02. The van der Waals surface area contributed by atoms with Crippen LogP contribution < -0.4 is 5.56 Å². The monoisotopic (exact) mass is 325 g/mol. The van der Waals surface area contributed by atoms with E-state index in [1.165, 1.54) is 4.52 Å². The smallest absolute Gasteiger partial charge is 0.282 e. The first-order valence-electron chi connectivity index (χ1n) is 6.99. The van der Waals surface area contributed by atoms with Gasteiger partial charge in [-0.15, -0.1) is 0 Å². The number of H-pyrrole nitrogens is 1. The van der Waals surface area contributed by atoms with Crippen molar-refractivity contribution in [3.8, 4) is 22.4 Å². The van der Waals surface area contributed by atoms with Crippen LogP contribution in [0.4, 0.5) is 0 Å². The summed E-state index contributed by atoms with van der Waals surface area (Å²) in [5.41, 5.74) is 2.96. The highest BCUT2D eigenvalue weighted by Gasteiger charge is 2.15. The van der Waals surface area contributed by atoms with Crippen LogP contribution in [0, 0.1) is 0 Å². The molecule has 0 spiro atoms. The van der Waals surface area contributed by atoms with Crippen LogP contribution in [0.1, 0.15) is 0 Å². The Kier molecular flexibility index (Phi) is 3.06. The molecule has 0 aliphatic heterocycles. The van der Waals surface area contributed by atoms with Crippen LogP contribution in [-0.4, -0.2) is 24.4 Å². The van der Waals surface area contributed by atoms with Gasteiger partial charge in [-0.05, 0) is 12.1 Å². The van der Waals surface area contributed by atoms with Gasteiger partial charge in [0.1, 0.15) is 0 Å².